The van der Waals surface area contributed by atoms with Crippen molar-refractivity contribution in [2.24, 2.45) is 5.41 Å². The van der Waals surface area contributed by atoms with Crippen LogP contribution in [0.3, 0.4) is 0 Å². The molecular formula is C17H22N4O2. The van der Waals surface area contributed by atoms with Crippen molar-refractivity contribution in [3.05, 3.63) is 42.5 Å². The molecule has 2 atom stereocenters. The fourth-order valence-corrected chi connectivity index (χ4v) is 3.10. The molecule has 0 spiro atoms. The lowest BCUT2D eigenvalue weighted by atomic mass is 9.56. The van der Waals surface area contributed by atoms with Crippen molar-refractivity contribution in [1.29, 1.82) is 0 Å². The van der Waals surface area contributed by atoms with E-state index in [0.29, 0.717) is 5.56 Å². The molecule has 6 heteroatoms. The third-order valence-corrected chi connectivity index (χ3v) is 5.38. The van der Waals surface area contributed by atoms with Crippen LogP contribution in [-0.4, -0.2) is 39.4 Å². The lowest BCUT2D eigenvalue weighted by Crippen LogP contribution is -2.68. The Bertz CT molecular complexity index is 711. The van der Waals surface area contributed by atoms with Crippen LogP contribution in [-0.2, 0) is 4.74 Å². The molecule has 1 saturated carbocycles. The van der Waals surface area contributed by atoms with E-state index in [1.165, 1.54) is 6.33 Å². The molecule has 1 aromatic heterocycles. The first-order valence-electron chi connectivity index (χ1n) is 7.68. The topological polar surface area (TPSA) is 69.0 Å². The Morgan fingerprint density at radius 2 is 2.17 bits per heavy atom. The van der Waals surface area contributed by atoms with Gasteiger partial charge in [0.25, 0.3) is 5.91 Å². The van der Waals surface area contributed by atoms with E-state index in [-0.39, 0.29) is 23.0 Å². The van der Waals surface area contributed by atoms with Gasteiger partial charge < -0.3 is 10.1 Å². The van der Waals surface area contributed by atoms with Gasteiger partial charge in [-0.2, -0.15) is 5.10 Å². The van der Waals surface area contributed by atoms with Crippen LogP contribution in [0.15, 0.2) is 36.9 Å². The Morgan fingerprint density at radius 3 is 2.78 bits per heavy atom. The minimum atomic E-state index is -0.201. The summed E-state index contributed by atoms with van der Waals surface area (Å²) in [5, 5.41) is 7.21. The summed E-state index contributed by atoms with van der Waals surface area (Å²) < 4.78 is 7.24. The van der Waals surface area contributed by atoms with Crippen LogP contribution < -0.4 is 5.32 Å². The quantitative estimate of drug-likeness (QED) is 0.939. The predicted octanol–water partition coefficient (Wildman–Crippen LogP) is 2.20. The van der Waals surface area contributed by atoms with Crippen LogP contribution in [0.4, 0.5) is 0 Å². The second-order valence-corrected chi connectivity index (χ2v) is 6.78. The highest BCUT2D eigenvalue weighted by molar-refractivity contribution is 5.95. The lowest BCUT2D eigenvalue weighted by Gasteiger charge is -2.59. The molecule has 1 heterocycles. The summed E-state index contributed by atoms with van der Waals surface area (Å²) in [5.41, 5.74) is 1.11. The summed E-state index contributed by atoms with van der Waals surface area (Å²) >= 11 is 0. The summed E-state index contributed by atoms with van der Waals surface area (Å²) in [4.78, 5) is 16.5. The average Bonchev–Trinajstić information content (AvgIpc) is 3.08. The lowest BCUT2D eigenvalue weighted by molar-refractivity contribution is -0.177. The largest absolute Gasteiger partial charge is 0.378 e. The standard InChI is InChI=1S/C17H22N4O2/c1-16(2)14(9-17(16,3)23-4)20-15(22)12-6-5-7-13(8-12)21-11-18-10-19-21/h5-8,10-11,14H,9H2,1-4H3,(H,20,22)/t14-,17-/m1/s1. The van der Waals surface area contributed by atoms with Crippen LogP contribution in [0, 0.1) is 5.41 Å². The molecule has 1 aromatic carbocycles. The third kappa shape index (κ3) is 2.53. The fraction of sp³-hybridized carbons (Fsp3) is 0.471. The van der Waals surface area contributed by atoms with Gasteiger partial charge in [0, 0.05) is 24.1 Å². The van der Waals surface area contributed by atoms with Gasteiger partial charge in [0.15, 0.2) is 0 Å². The number of carbonyl (C=O) groups excluding carboxylic acids is 1. The second-order valence-electron chi connectivity index (χ2n) is 6.78. The van der Waals surface area contributed by atoms with Gasteiger partial charge in [-0.3, -0.25) is 4.79 Å². The van der Waals surface area contributed by atoms with Crippen molar-refractivity contribution >= 4 is 5.91 Å². The number of rotatable bonds is 4. The first kappa shape index (κ1) is 15.7. The Kier molecular flexibility index (Phi) is 3.72. The van der Waals surface area contributed by atoms with E-state index in [9.17, 15) is 4.79 Å². The molecule has 3 rings (SSSR count). The van der Waals surface area contributed by atoms with Crippen molar-refractivity contribution in [1.82, 2.24) is 20.1 Å². The van der Waals surface area contributed by atoms with Crippen molar-refractivity contribution in [3.8, 4) is 5.69 Å². The van der Waals surface area contributed by atoms with E-state index in [1.54, 1.807) is 24.2 Å². The maximum atomic E-state index is 12.6. The molecule has 1 N–H and O–H groups in total. The number of benzene rings is 1. The Balaban J connectivity index is 1.74. The first-order chi connectivity index (χ1) is 10.9. The number of nitrogens with zero attached hydrogens (tertiary/aromatic N) is 3. The molecular weight excluding hydrogens is 292 g/mol. The van der Waals surface area contributed by atoms with Gasteiger partial charge in [0.2, 0.25) is 0 Å². The monoisotopic (exact) mass is 314 g/mol. The number of hydrogen-bond donors (Lipinski definition) is 1. The number of hydrogen-bond acceptors (Lipinski definition) is 4. The van der Waals surface area contributed by atoms with Crippen LogP contribution in [0.25, 0.3) is 5.69 Å². The molecule has 2 aromatic rings. The van der Waals surface area contributed by atoms with Gasteiger partial charge in [-0.1, -0.05) is 19.9 Å². The van der Waals surface area contributed by atoms with Gasteiger partial charge in [-0.25, -0.2) is 9.67 Å². The van der Waals surface area contributed by atoms with E-state index in [0.717, 1.165) is 12.1 Å². The molecule has 0 radical (unpaired) electrons. The number of carbonyl (C=O) groups is 1. The van der Waals surface area contributed by atoms with Crippen LogP contribution >= 0.6 is 0 Å². The first-order valence-corrected chi connectivity index (χ1v) is 7.68. The maximum absolute atomic E-state index is 12.6. The maximum Gasteiger partial charge on any atom is 0.251 e. The van der Waals surface area contributed by atoms with E-state index in [1.807, 2.05) is 18.2 Å². The predicted molar refractivity (Wildman–Crippen MR) is 86.4 cm³/mol. The Morgan fingerprint density at radius 1 is 1.39 bits per heavy atom. The SMILES string of the molecule is CO[C@]1(C)C[C@@H](NC(=O)c2cccc(-n3cncn3)c2)C1(C)C. The zero-order chi connectivity index (χ0) is 16.7. The zero-order valence-corrected chi connectivity index (χ0v) is 13.9. The molecule has 0 aliphatic heterocycles. The molecule has 23 heavy (non-hydrogen) atoms. The highest BCUT2D eigenvalue weighted by Gasteiger charge is 2.58. The smallest absolute Gasteiger partial charge is 0.251 e. The van der Waals surface area contributed by atoms with E-state index >= 15 is 0 Å². The molecule has 0 unspecified atom stereocenters. The van der Waals surface area contributed by atoms with Crippen molar-refractivity contribution in [3.63, 3.8) is 0 Å². The average molecular weight is 314 g/mol. The molecule has 0 bridgehead atoms. The molecule has 122 valence electrons. The highest BCUT2D eigenvalue weighted by atomic mass is 16.5. The zero-order valence-electron chi connectivity index (χ0n) is 13.9. The van der Waals surface area contributed by atoms with E-state index < -0.39 is 0 Å². The second kappa shape index (κ2) is 5.45. The minimum Gasteiger partial charge on any atom is -0.378 e. The van der Waals surface area contributed by atoms with Crippen LogP contribution in [0.2, 0.25) is 0 Å². The van der Waals surface area contributed by atoms with Gasteiger partial charge >= 0.3 is 0 Å². The molecule has 1 fully saturated rings. The highest BCUT2D eigenvalue weighted by Crippen LogP contribution is 2.51. The van der Waals surface area contributed by atoms with Gasteiger partial charge in [0.05, 0.1) is 11.3 Å². The summed E-state index contributed by atoms with van der Waals surface area (Å²) in [6.45, 7) is 6.33. The van der Waals surface area contributed by atoms with Crippen LogP contribution in [0.1, 0.15) is 37.6 Å². The number of amides is 1. The van der Waals surface area contributed by atoms with E-state index in [2.05, 4.69) is 36.2 Å². The number of nitrogens with one attached hydrogen (secondary N) is 1. The summed E-state index contributed by atoms with van der Waals surface area (Å²) in [6, 6.07) is 7.44. The Labute approximate surface area is 135 Å². The summed E-state index contributed by atoms with van der Waals surface area (Å²) in [5.74, 6) is -0.0804. The molecule has 6 nitrogen and oxygen atoms in total. The van der Waals surface area contributed by atoms with E-state index in [4.69, 9.17) is 4.74 Å². The molecule has 1 aliphatic carbocycles. The third-order valence-electron chi connectivity index (χ3n) is 5.38. The Hall–Kier alpha value is -2.21. The van der Waals surface area contributed by atoms with Gasteiger partial charge in [0.1, 0.15) is 12.7 Å². The molecule has 1 aliphatic rings. The molecule has 0 saturated heterocycles. The number of methoxy groups -OCH3 is 1. The fourth-order valence-electron chi connectivity index (χ4n) is 3.10. The number of ether oxygens (including phenoxy) is 1. The number of aromatic nitrogens is 3. The normalized spacial score (nSPS) is 25.7. The minimum absolute atomic E-state index is 0.0804. The van der Waals surface area contributed by atoms with Crippen molar-refractivity contribution in [2.45, 2.75) is 38.8 Å². The molecule has 1 amide bonds. The summed E-state index contributed by atoms with van der Waals surface area (Å²) in [6.07, 6.45) is 3.89. The van der Waals surface area contributed by atoms with Crippen molar-refractivity contribution < 1.29 is 9.53 Å². The van der Waals surface area contributed by atoms with Gasteiger partial charge in [-0.15, -0.1) is 0 Å². The van der Waals surface area contributed by atoms with Crippen LogP contribution in [0.5, 0.6) is 0 Å². The van der Waals surface area contributed by atoms with Crippen molar-refractivity contribution in [2.75, 3.05) is 7.11 Å². The summed E-state index contributed by atoms with van der Waals surface area (Å²) in [7, 11) is 1.72. The van der Waals surface area contributed by atoms with Gasteiger partial charge in [-0.05, 0) is 31.5 Å².